The number of ether oxygens (including phenoxy) is 1. The van der Waals surface area contributed by atoms with Crippen LogP contribution in [0.15, 0.2) is 0 Å². The van der Waals surface area contributed by atoms with E-state index in [9.17, 15) is 9.59 Å². The van der Waals surface area contributed by atoms with Crippen molar-refractivity contribution in [2.45, 2.75) is 25.7 Å². The number of carboxylic acid groups (broad SMARTS) is 2. The van der Waals surface area contributed by atoms with Gasteiger partial charge in [-0.05, 0) is 12.8 Å². The maximum Gasteiger partial charge on any atom is 1.00 e. The van der Waals surface area contributed by atoms with Gasteiger partial charge in [0.25, 0.3) is 0 Å². The Hall–Kier alpha value is -0.100. The molecule has 0 heterocycles. The van der Waals surface area contributed by atoms with Crippen molar-refractivity contribution in [1.82, 2.24) is 0 Å². The van der Waals surface area contributed by atoms with E-state index in [2.05, 4.69) is 0 Å². The van der Waals surface area contributed by atoms with Gasteiger partial charge in [0.1, 0.15) is 0 Å². The molecular formula is C8H15NaO5. The average molecular weight is 214 g/mol. The van der Waals surface area contributed by atoms with Crippen LogP contribution in [0.4, 0.5) is 0 Å². The number of carboxylic acids is 2. The van der Waals surface area contributed by atoms with E-state index < -0.39 is 11.9 Å². The number of hydrogen-bond donors (Lipinski definition) is 2. The molecule has 0 unspecified atom stereocenters. The van der Waals surface area contributed by atoms with Crippen molar-refractivity contribution in [2.24, 2.45) is 0 Å². The van der Waals surface area contributed by atoms with Crippen molar-refractivity contribution in [3.63, 3.8) is 0 Å². The number of aliphatic carboxylic acids is 2. The molecule has 0 aliphatic rings. The van der Waals surface area contributed by atoms with Crippen LogP contribution in [-0.2, 0) is 14.3 Å². The fourth-order valence-electron chi connectivity index (χ4n) is 0.753. The molecule has 0 bridgehead atoms. The van der Waals surface area contributed by atoms with Crippen LogP contribution in [0.5, 0.6) is 0 Å². The molecule has 0 saturated heterocycles. The fraction of sp³-hybridized carbons (Fsp3) is 0.750. The van der Waals surface area contributed by atoms with Gasteiger partial charge < -0.3 is 16.4 Å². The normalized spacial score (nSPS) is 9.14. The van der Waals surface area contributed by atoms with Gasteiger partial charge >= 0.3 is 41.5 Å². The average Bonchev–Trinajstić information content (AvgIpc) is 2.01. The molecule has 0 radical (unpaired) electrons. The minimum Gasteiger partial charge on any atom is -1.00 e. The fourth-order valence-corrected chi connectivity index (χ4v) is 0.753. The zero-order valence-electron chi connectivity index (χ0n) is 9.36. The first-order valence-electron chi connectivity index (χ1n) is 4.14. The summed E-state index contributed by atoms with van der Waals surface area (Å²) in [6.45, 7) is 0.762. The quantitative estimate of drug-likeness (QED) is 0.355. The first-order chi connectivity index (χ1) is 6.13. The predicted molar refractivity (Wildman–Crippen MR) is 45.7 cm³/mol. The maximum absolute atomic E-state index is 10.0. The molecule has 0 fully saturated rings. The van der Waals surface area contributed by atoms with Gasteiger partial charge in [0.2, 0.25) is 0 Å². The summed E-state index contributed by atoms with van der Waals surface area (Å²) < 4.78 is 5.01. The van der Waals surface area contributed by atoms with Crippen LogP contribution < -0.4 is 29.6 Å². The van der Waals surface area contributed by atoms with Gasteiger partial charge in [-0.2, -0.15) is 0 Å². The molecule has 0 aliphatic heterocycles. The second kappa shape index (κ2) is 11.0. The van der Waals surface area contributed by atoms with Crippen molar-refractivity contribution in [3.8, 4) is 0 Å². The van der Waals surface area contributed by atoms with Gasteiger partial charge in [0, 0.05) is 26.1 Å². The van der Waals surface area contributed by atoms with Gasteiger partial charge in [-0.3, -0.25) is 9.59 Å². The second-order valence-electron chi connectivity index (χ2n) is 2.61. The van der Waals surface area contributed by atoms with Gasteiger partial charge in [0.15, 0.2) is 0 Å². The molecule has 0 aromatic heterocycles. The van der Waals surface area contributed by atoms with Crippen LogP contribution in [-0.4, -0.2) is 35.4 Å². The van der Waals surface area contributed by atoms with Crippen molar-refractivity contribution in [3.05, 3.63) is 0 Å². The summed E-state index contributed by atoms with van der Waals surface area (Å²) in [7, 11) is 0. The van der Waals surface area contributed by atoms with Gasteiger partial charge in [0.05, 0.1) is 0 Å². The third kappa shape index (κ3) is 14.4. The van der Waals surface area contributed by atoms with Crippen molar-refractivity contribution in [1.29, 1.82) is 0 Å². The van der Waals surface area contributed by atoms with Crippen LogP contribution in [0.25, 0.3) is 0 Å². The van der Waals surface area contributed by atoms with Crippen LogP contribution in [0, 0.1) is 0 Å². The standard InChI is InChI=1S/C8H14O5.Na.H/c9-7(10)3-1-5-13-6-2-4-8(11)12;;/h1-6H2,(H,9,10)(H,11,12);;/q;+1;-1. The van der Waals surface area contributed by atoms with Crippen molar-refractivity contribution < 1.29 is 55.5 Å². The molecule has 14 heavy (non-hydrogen) atoms. The maximum atomic E-state index is 10.0. The Kier molecular flexibility index (Phi) is 12.8. The van der Waals surface area contributed by atoms with Crippen molar-refractivity contribution in [2.75, 3.05) is 13.2 Å². The van der Waals surface area contributed by atoms with E-state index in [1.165, 1.54) is 0 Å². The second-order valence-corrected chi connectivity index (χ2v) is 2.61. The molecule has 0 amide bonds. The zero-order valence-corrected chi connectivity index (χ0v) is 10.4. The van der Waals surface area contributed by atoms with E-state index in [4.69, 9.17) is 14.9 Å². The summed E-state index contributed by atoms with van der Waals surface area (Å²) in [6, 6.07) is 0. The molecule has 0 saturated carbocycles. The zero-order chi connectivity index (χ0) is 10.1. The van der Waals surface area contributed by atoms with E-state index in [1.54, 1.807) is 0 Å². The van der Waals surface area contributed by atoms with E-state index in [-0.39, 0.29) is 43.8 Å². The molecule has 2 N–H and O–H groups in total. The molecule has 78 valence electrons. The summed E-state index contributed by atoms with van der Waals surface area (Å²) in [6.07, 6.45) is 1.14. The minimum atomic E-state index is -0.839. The van der Waals surface area contributed by atoms with Crippen LogP contribution in [0.3, 0.4) is 0 Å². The summed E-state index contributed by atoms with van der Waals surface area (Å²) in [5, 5.41) is 16.5. The molecule has 6 heteroatoms. The van der Waals surface area contributed by atoms with E-state index in [1.807, 2.05) is 0 Å². The van der Waals surface area contributed by atoms with Gasteiger partial charge in [-0.15, -0.1) is 0 Å². The van der Waals surface area contributed by atoms with E-state index in [0.717, 1.165) is 0 Å². The Morgan fingerprint density at radius 1 is 1.00 bits per heavy atom. The molecule has 0 aromatic carbocycles. The Morgan fingerprint density at radius 2 is 1.36 bits per heavy atom. The summed E-state index contributed by atoms with van der Waals surface area (Å²) in [4.78, 5) is 20.1. The van der Waals surface area contributed by atoms with E-state index in [0.29, 0.717) is 26.1 Å². The number of carbonyl (C=O) groups is 2. The van der Waals surface area contributed by atoms with Gasteiger partial charge in [-0.1, -0.05) is 0 Å². The van der Waals surface area contributed by atoms with E-state index >= 15 is 0 Å². The van der Waals surface area contributed by atoms with Crippen LogP contribution in [0.2, 0.25) is 0 Å². The summed E-state index contributed by atoms with van der Waals surface area (Å²) >= 11 is 0. The smallest absolute Gasteiger partial charge is 1.00 e. The van der Waals surface area contributed by atoms with Crippen LogP contribution in [0.1, 0.15) is 27.1 Å². The SMILES string of the molecule is O=C(O)CCCOCCCC(=O)O.[H-].[Na+]. The third-order valence-electron chi connectivity index (χ3n) is 1.36. The number of hydrogen-bond acceptors (Lipinski definition) is 3. The Morgan fingerprint density at radius 3 is 1.64 bits per heavy atom. The molecule has 5 nitrogen and oxygen atoms in total. The first-order valence-corrected chi connectivity index (χ1v) is 4.14. The minimum absolute atomic E-state index is 0. The Labute approximate surface area is 106 Å². The molecule has 0 rings (SSSR count). The number of rotatable bonds is 8. The topological polar surface area (TPSA) is 83.8 Å². The molecule has 0 aliphatic carbocycles. The largest absolute Gasteiger partial charge is 1.00 e. The molecule has 0 aromatic rings. The Balaban J connectivity index is -0.000000720. The first kappa shape index (κ1) is 16.3. The Bertz CT molecular complexity index is 158. The monoisotopic (exact) mass is 214 g/mol. The summed E-state index contributed by atoms with van der Waals surface area (Å²) in [5.41, 5.74) is 0. The van der Waals surface area contributed by atoms with Crippen molar-refractivity contribution >= 4 is 11.9 Å². The third-order valence-corrected chi connectivity index (χ3v) is 1.36. The molecular weight excluding hydrogens is 199 g/mol. The van der Waals surface area contributed by atoms with Gasteiger partial charge in [-0.25, -0.2) is 0 Å². The van der Waals surface area contributed by atoms with Crippen LogP contribution >= 0.6 is 0 Å². The molecule has 0 spiro atoms. The predicted octanol–water partition coefficient (Wildman–Crippen LogP) is -2.15. The summed E-state index contributed by atoms with van der Waals surface area (Å²) in [5.74, 6) is -1.68. The molecule has 0 atom stereocenters.